The number of para-hydroxylation sites is 1. The summed E-state index contributed by atoms with van der Waals surface area (Å²) in [5.74, 6) is 0.138. The first kappa shape index (κ1) is 18.5. The molecule has 0 aliphatic heterocycles. The van der Waals surface area contributed by atoms with Crippen molar-refractivity contribution >= 4 is 16.9 Å². The maximum atomic E-state index is 9.32. The van der Waals surface area contributed by atoms with Crippen LogP contribution in [0.5, 0.6) is 0 Å². The quantitative estimate of drug-likeness (QED) is 0.469. The highest BCUT2D eigenvalue weighted by Gasteiger charge is 2.13. The van der Waals surface area contributed by atoms with Gasteiger partial charge in [-0.05, 0) is 42.1 Å². The van der Waals surface area contributed by atoms with E-state index in [2.05, 4.69) is 43.5 Å². The number of nitrogens with two attached hydrogens (primary N) is 1. The van der Waals surface area contributed by atoms with Crippen molar-refractivity contribution < 1.29 is 0 Å². The van der Waals surface area contributed by atoms with Crippen LogP contribution in [-0.4, -0.2) is 29.9 Å². The zero-order valence-electron chi connectivity index (χ0n) is 16.7. The molecule has 0 saturated heterocycles. The van der Waals surface area contributed by atoms with Crippen LogP contribution < -0.4 is 5.73 Å². The number of nitrogens with one attached hydrogen (secondary N) is 1. The molecule has 0 radical (unpaired) electrons. The summed E-state index contributed by atoms with van der Waals surface area (Å²) in [4.78, 5) is 12.1. The molecule has 3 aromatic heterocycles. The Kier molecular flexibility index (Phi) is 4.41. The van der Waals surface area contributed by atoms with Gasteiger partial charge in [0, 0.05) is 16.8 Å². The molecule has 8 nitrogen and oxygen atoms in total. The molecule has 0 atom stereocenters. The van der Waals surface area contributed by atoms with Gasteiger partial charge in [-0.15, -0.1) is 5.10 Å². The summed E-state index contributed by atoms with van der Waals surface area (Å²) in [6, 6.07) is 19.8. The van der Waals surface area contributed by atoms with Crippen LogP contribution in [0, 0.1) is 18.3 Å². The summed E-state index contributed by atoms with van der Waals surface area (Å²) in [7, 11) is 0. The van der Waals surface area contributed by atoms with E-state index in [1.807, 2.05) is 49.5 Å². The van der Waals surface area contributed by atoms with Gasteiger partial charge >= 0.3 is 0 Å². The smallest absolute Gasteiger partial charge is 0.221 e. The predicted octanol–water partition coefficient (Wildman–Crippen LogP) is 3.69. The molecule has 8 heteroatoms. The molecule has 3 N–H and O–H groups in total. The molecule has 5 aromatic rings. The number of anilines is 1. The van der Waals surface area contributed by atoms with Crippen LogP contribution in [0.2, 0.25) is 0 Å². The number of nitrogen functional groups attached to an aromatic ring is 1. The van der Waals surface area contributed by atoms with Gasteiger partial charge in [-0.3, -0.25) is 0 Å². The van der Waals surface area contributed by atoms with E-state index in [0.29, 0.717) is 29.2 Å². The number of fused-ring (bicyclic) bond motifs is 1. The fraction of sp³-hybridized carbons (Fsp3) is 0.0870. The minimum Gasteiger partial charge on any atom is -0.368 e. The lowest BCUT2D eigenvalue weighted by molar-refractivity contribution is 0.642. The number of hydrogen-bond acceptors (Lipinski definition) is 6. The SMILES string of the molecule is Cc1c(C#N)cccc1-c1cc(-c2cn(Cc3cc4ccccc4[nH]3)nn2)nc(N)n1. The van der Waals surface area contributed by atoms with Gasteiger partial charge in [-0.1, -0.05) is 35.5 Å². The third-order valence-electron chi connectivity index (χ3n) is 5.19. The van der Waals surface area contributed by atoms with Crippen LogP contribution in [0.3, 0.4) is 0 Å². The lowest BCUT2D eigenvalue weighted by atomic mass is 10.00. The van der Waals surface area contributed by atoms with E-state index in [0.717, 1.165) is 27.7 Å². The standard InChI is InChI=1S/C23H18N8/c1-14-16(11-24)6-4-7-18(14)20-10-21(28-23(25)27-20)22-13-31(30-29-22)12-17-9-15-5-2-3-8-19(15)26-17/h2-10,13,26H,12H2,1H3,(H2,25,27,28). The van der Waals surface area contributed by atoms with E-state index in [1.54, 1.807) is 10.7 Å². The number of nitrogens with zero attached hydrogens (tertiary/aromatic N) is 6. The van der Waals surface area contributed by atoms with Gasteiger partial charge in [0.15, 0.2) is 0 Å². The number of hydrogen-bond donors (Lipinski definition) is 2. The monoisotopic (exact) mass is 406 g/mol. The molecule has 0 amide bonds. The molecule has 0 fully saturated rings. The van der Waals surface area contributed by atoms with Crippen LogP contribution in [0.1, 0.15) is 16.8 Å². The van der Waals surface area contributed by atoms with E-state index in [1.165, 1.54) is 0 Å². The summed E-state index contributed by atoms with van der Waals surface area (Å²) < 4.78 is 1.75. The molecule has 0 bridgehead atoms. The van der Waals surface area contributed by atoms with Gasteiger partial charge in [0.1, 0.15) is 5.69 Å². The van der Waals surface area contributed by atoms with Crippen molar-refractivity contribution in [1.29, 1.82) is 5.26 Å². The van der Waals surface area contributed by atoms with Gasteiger partial charge in [-0.2, -0.15) is 5.26 Å². The molecule has 150 valence electrons. The number of aromatic nitrogens is 6. The fourth-order valence-corrected chi connectivity index (χ4v) is 3.66. The molecular formula is C23H18N8. The van der Waals surface area contributed by atoms with Gasteiger partial charge in [0.25, 0.3) is 0 Å². The molecule has 31 heavy (non-hydrogen) atoms. The van der Waals surface area contributed by atoms with Crippen molar-refractivity contribution in [2.24, 2.45) is 0 Å². The highest BCUT2D eigenvalue weighted by Crippen LogP contribution is 2.27. The van der Waals surface area contributed by atoms with Gasteiger partial charge < -0.3 is 10.7 Å². The third kappa shape index (κ3) is 3.49. The van der Waals surface area contributed by atoms with Crippen molar-refractivity contribution in [3.8, 4) is 28.7 Å². The van der Waals surface area contributed by atoms with Crippen LogP contribution in [0.25, 0.3) is 33.5 Å². The normalized spacial score (nSPS) is 11.0. The van der Waals surface area contributed by atoms with Gasteiger partial charge in [-0.25, -0.2) is 14.6 Å². The number of aromatic amines is 1. The maximum Gasteiger partial charge on any atom is 0.221 e. The molecule has 0 aliphatic carbocycles. The molecule has 5 rings (SSSR count). The van der Waals surface area contributed by atoms with Crippen LogP contribution >= 0.6 is 0 Å². The second-order valence-corrected chi connectivity index (χ2v) is 7.27. The van der Waals surface area contributed by atoms with E-state index in [-0.39, 0.29) is 5.95 Å². The predicted molar refractivity (Wildman–Crippen MR) is 118 cm³/mol. The maximum absolute atomic E-state index is 9.32. The number of rotatable bonds is 4. The summed E-state index contributed by atoms with van der Waals surface area (Å²) >= 11 is 0. The Morgan fingerprint density at radius 3 is 2.71 bits per heavy atom. The lowest BCUT2D eigenvalue weighted by Gasteiger charge is -2.08. The Morgan fingerprint density at radius 1 is 1.03 bits per heavy atom. The highest BCUT2D eigenvalue weighted by molar-refractivity contribution is 5.80. The van der Waals surface area contributed by atoms with Crippen LogP contribution in [0.15, 0.2) is 60.8 Å². The van der Waals surface area contributed by atoms with Crippen molar-refractivity contribution in [2.45, 2.75) is 13.5 Å². The first-order valence-electron chi connectivity index (χ1n) is 9.72. The molecule has 0 spiro atoms. The van der Waals surface area contributed by atoms with Crippen LogP contribution in [0.4, 0.5) is 5.95 Å². The Bertz CT molecular complexity index is 1420. The minimum atomic E-state index is 0.138. The average Bonchev–Trinajstić information content (AvgIpc) is 3.40. The number of nitriles is 1. The largest absolute Gasteiger partial charge is 0.368 e. The van der Waals surface area contributed by atoms with Gasteiger partial charge in [0.2, 0.25) is 5.95 Å². The molecular weight excluding hydrogens is 388 g/mol. The topological polar surface area (TPSA) is 122 Å². The van der Waals surface area contributed by atoms with E-state index >= 15 is 0 Å². The van der Waals surface area contributed by atoms with E-state index in [4.69, 9.17) is 5.73 Å². The van der Waals surface area contributed by atoms with Gasteiger partial charge in [0.05, 0.1) is 35.8 Å². The highest BCUT2D eigenvalue weighted by atomic mass is 15.4. The number of H-pyrrole nitrogens is 1. The molecule has 0 aliphatic rings. The molecule has 3 heterocycles. The van der Waals surface area contributed by atoms with Crippen LogP contribution in [-0.2, 0) is 6.54 Å². The average molecular weight is 406 g/mol. The first-order valence-corrected chi connectivity index (χ1v) is 9.72. The van der Waals surface area contributed by atoms with E-state index < -0.39 is 0 Å². The first-order chi connectivity index (χ1) is 15.1. The van der Waals surface area contributed by atoms with E-state index in [9.17, 15) is 5.26 Å². The lowest BCUT2D eigenvalue weighted by Crippen LogP contribution is -2.00. The van der Waals surface area contributed by atoms with Crippen molar-refractivity contribution in [2.75, 3.05) is 5.73 Å². The van der Waals surface area contributed by atoms with Crippen molar-refractivity contribution in [3.63, 3.8) is 0 Å². The third-order valence-corrected chi connectivity index (χ3v) is 5.19. The summed E-state index contributed by atoms with van der Waals surface area (Å²) in [6.07, 6.45) is 1.83. The molecule has 0 unspecified atom stereocenters. The second kappa shape index (κ2) is 7.39. The minimum absolute atomic E-state index is 0.138. The zero-order chi connectivity index (χ0) is 21.4. The fourth-order valence-electron chi connectivity index (χ4n) is 3.66. The summed E-state index contributed by atoms with van der Waals surface area (Å²) in [6.45, 7) is 2.45. The Balaban J connectivity index is 1.47. The van der Waals surface area contributed by atoms with Crippen molar-refractivity contribution in [1.82, 2.24) is 29.9 Å². The summed E-state index contributed by atoms with van der Waals surface area (Å²) in [5, 5.41) is 19.0. The summed E-state index contributed by atoms with van der Waals surface area (Å²) in [5.41, 5.74) is 12.2. The van der Waals surface area contributed by atoms with Crippen molar-refractivity contribution in [3.05, 3.63) is 77.6 Å². The Labute approximate surface area is 178 Å². The second-order valence-electron chi connectivity index (χ2n) is 7.27. The molecule has 0 saturated carbocycles. The Morgan fingerprint density at radius 2 is 1.87 bits per heavy atom. The molecule has 2 aromatic carbocycles. The number of benzene rings is 2. The zero-order valence-corrected chi connectivity index (χ0v) is 16.7. The Hall–Kier alpha value is -4.51.